The van der Waals surface area contributed by atoms with Crippen LogP contribution in [0, 0.1) is 0 Å². The number of ether oxygens (including phenoxy) is 1. The largest absolute Gasteiger partial charge is 0.487 e. The number of pyridine rings is 1. The van der Waals surface area contributed by atoms with E-state index >= 15 is 0 Å². The topological polar surface area (TPSA) is 48.1 Å². The highest BCUT2D eigenvalue weighted by atomic mass is 35.5. The Morgan fingerprint density at radius 3 is 2.68 bits per heavy atom. The minimum Gasteiger partial charge on any atom is -0.487 e. The molecule has 0 fully saturated rings. The van der Waals surface area contributed by atoms with Crippen LogP contribution in [0.2, 0.25) is 10.0 Å². The van der Waals surface area contributed by atoms with E-state index in [4.69, 9.17) is 45.9 Å². The van der Waals surface area contributed by atoms with Crippen LogP contribution < -0.4 is 10.5 Å². The number of nitrogens with two attached hydrogens (primary N) is 1. The first kappa shape index (κ1) is 14.1. The second kappa shape index (κ2) is 6.19. The van der Waals surface area contributed by atoms with E-state index in [2.05, 4.69) is 4.98 Å². The smallest absolute Gasteiger partial charge is 0.139 e. The summed E-state index contributed by atoms with van der Waals surface area (Å²) in [6, 6.07) is 7.04. The third kappa shape index (κ3) is 3.80. The van der Waals surface area contributed by atoms with Gasteiger partial charge in [-0.05, 0) is 6.07 Å². The zero-order chi connectivity index (χ0) is 13.8. The maximum absolute atomic E-state index is 6.13. The number of thiocarbonyl (C=S) groups is 1. The average Bonchev–Trinajstić information content (AvgIpc) is 2.37. The van der Waals surface area contributed by atoms with Crippen LogP contribution in [-0.4, -0.2) is 9.97 Å². The first-order valence-electron chi connectivity index (χ1n) is 5.38. The van der Waals surface area contributed by atoms with Gasteiger partial charge in [0, 0.05) is 28.4 Å². The molecule has 0 bridgehead atoms. The molecule has 1 aromatic carbocycles. The Balaban J connectivity index is 2.10. The van der Waals surface area contributed by atoms with Crippen LogP contribution >= 0.6 is 35.4 Å². The highest BCUT2D eigenvalue weighted by Gasteiger charge is 2.05. The lowest BCUT2D eigenvalue weighted by atomic mass is 10.1. The zero-order valence-corrected chi connectivity index (χ0v) is 12.1. The normalized spacial score (nSPS) is 10.2. The van der Waals surface area contributed by atoms with Gasteiger partial charge in [-0.1, -0.05) is 47.6 Å². The van der Waals surface area contributed by atoms with E-state index < -0.39 is 0 Å². The van der Waals surface area contributed by atoms with Crippen molar-refractivity contribution in [2.24, 2.45) is 5.73 Å². The highest BCUT2D eigenvalue weighted by molar-refractivity contribution is 7.80. The molecule has 6 heteroatoms. The Kier molecular flexibility index (Phi) is 4.58. The quantitative estimate of drug-likeness (QED) is 0.876. The van der Waals surface area contributed by atoms with Gasteiger partial charge >= 0.3 is 0 Å². The summed E-state index contributed by atoms with van der Waals surface area (Å²) in [7, 11) is 0. The lowest BCUT2D eigenvalue weighted by Crippen LogP contribution is -2.09. The first-order valence-corrected chi connectivity index (χ1v) is 6.54. The summed E-state index contributed by atoms with van der Waals surface area (Å²) in [6.45, 7) is 0.318. The Hall–Kier alpha value is -1.36. The first-order chi connectivity index (χ1) is 9.06. The van der Waals surface area contributed by atoms with Crippen molar-refractivity contribution in [2.45, 2.75) is 6.61 Å². The van der Waals surface area contributed by atoms with Crippen LogP contribution in [0.3, 0.4) is 0 Å². The van der Waals surface area contributed by atoms with Crippen molar-refractivity contribution in [3.8, 4) is 5.75 Å². The van der Waals surface area contributed by atoms with Crippen LogP contribution in [0.4, 0.5) is 0 Å². The van der Waals surface area contributed by atoms with Gasteiger partial charge in [0.25, 0.3) is 0 Å². The van der Waals surface area contributed by atoms with Gasteiger partial charge in [-0.3, -0.25) is 4.98 Å². The summed E-state index contributed by atoms with van der Waals surface area (Å²) in [5, 5.41) is 1.08. The molecule has 0 aliphatic heterocycles. The minimum absolute atomic E-state index is 0.313. The van der Waals surface area contributed by atoms with Crippen LogP contribution in [0.1, 0.15) is 11.1 Å². The fourth-order valence-corrected chi connectivity index (χ4v) is 1.98. The molecule has 0 aliphatic rings. The molecule has 19 heavy (non-hydrogen) atoms. The second-order valence-electron chi connectivity index (χ2n) is 3.80. The molecule has 0 radical (unpaired) electrons. The lowest BCUT2D eigenvalue weighted by Gasteiger charge is -2.09. The number of benzene rings is 1. The van der Waals surface area contributed by atoms with Crippen molar-refractivity contribution in [2.75, 3.05) is 0 Å². The summed E-state index contributed by atoms with van der Waals surface area (Å²) in [5.74, 6) is 0.585. The summed E-state index contributed by atoms with van der Waals surface area (Å²) >= 11 is 16.8. The van der Waals surface area contributed by atoms with E-state index in [-0.39, 0.29) is 0 Å². The van der Waals surface area contributed by atoms with Crippen molar-refractivity contribution in [3.05, 3.63) is 57.8 Å². The van der Waals surface area contributed by atoms with Crippen LogP contribution in [-0.2, 0) is 6.61 Å². The Morgan fingerprint density at radius 2 is 2.05 bits per heavy atom. The van der Waals surface area contributed by atoms with Gasteiger partial charge in [-0.15, -0.1) is 0 Å². The molecule has 0 amide bonds. The molecular formula is C13H10Cl2N2OS. The summed E-state index contributed by atoms with van der Waals surface area (Å²) in [4.78, 5) is 4.25. The lowest BCUT2D eigenvalue weighted by molar-refractivity contribution is 0.305. The predicted octanol–water partition coefficient (Wildman–Crippen LogP) is 3.60. The second-order valence-corrected chi connectivity index (χ2v) is 5.08. The molecule has 98 valence electrons. The van der Waals surface area contributed by atoms with E-state index in [1.165, 1.54) is 0 Å². The fourth-order valence-electron chi connectivity index (χ4n) is 1.45. The summed E-state index contributed by atoms with van der Waals surface area (Å²) in [6.07, 6.45) is 3.13. The Labute approximate surface area is 126 Å². The molecule has 2 rings (SSSR count). The SMILES string of the molecule is NC(=S)c1ccc(COc2cncc(Cl)c2)c(Cl)c1. The predicted molar refractivity (Wildman–Crippen MR) is 80.9 cm³/mol. The number of aromatic nitrogens is 1. The molecule has 2 aromatic rings. The Bertz CT molecular complexity index is 619. The van der Waals surface area contributed by atoms with E-state index in [0.717, 1.165) is 11.1 Å². The average molecular weight is 313 g/mol. The van der Waals surface area contributed by atoms with Crippen LogP contribution in [0.25, 0.3) is 0 Å². The van der Waals surface area contributed by atoms with Gasteiger partial charge in [-0.25, -0.2) is 0 Å². The van der Waals surface area contributed by atoms with Crippen molar-refractivity contribution in [3.63, 3.8) is 0 Å². The number of rotatable bonds is 4. The van der Waals surface area contributed by atoms with E-state index in [0.29, 0.717) is 27.4 Å². The molecule has 1 heterocycles. The van der Waals surface area contributed by atoms with Gasteiger partial charge in [0.1, 0.15) is 17.3 Å². The van der Waals surface area contributed by atoms with Crippen LogP contribution in [0.15, 0.2) is 36.7 Å². The number of halogens is 2. The molecule has 0 spiro atoms. The molecule has 0 saturated heterocycles. The molecule has 3 nitrogen and oxygen atoms in total. The van der Waals surface area contributed by atoms with Crippen molar-refractivity contribution < 1.29 is 4.74 Å². The molecule has 0 saturated carbocycles. The van der Waals surface area contributed by atoms with E-state index in [9.17, 15) is 0 Å². The minimum atomic E-state index is 0.313. The third-order valence-electron chi connectivity index (χ3n) is 2.41. The molecule has 0 atom stereocenters. The van der Waals surface area contributed by atoms with Gasteiger partial charge in [-0.2, -0.15) is 0 Å². The molecule has 1 aromatic heterocycles. The number of hydrogen-bond acceptors (Lipinski definition) is 3. The molecule has 0 unspecified atom stereocenters. The van der Waals surface area contributed by atoms with Crippen LogP contribution in [0.5, 0.6) is 5.75 Å². The van der Waals surface area contributed by atoms with Crippen molar-refractivity contribution >= 4 is 40.4 Å². The van der Waals surface area contributed by atoms with Gasteiger partial charge in [0.05, 0.1) is 11.2 Å². The summed E-state index contributed by atoms with van der Waals surface area (Å²) in [5.41, 5.74) is 7.10. The summed E-state index contributed by atoms with van der Waals surface area (Å²) < 4.78 is 5.56. The van der Waals surface area contributed by atoms with Gasteiger partial charge < -0.3 is 10.5 Å². The maximum Gasteiger partial charge on any atom is 0.139 e. The Morgan fingerprint density at radius 1 is 1.26 bits per heavy atom. The monoisotopic (exact) mass is 312 g/mol. The van der Waals surface area contributed by atoms with E-state index in [1.807, 2.05) is 12.1 Å². The zero-order valence-electron chi connectivity index (χ0n) is 9.77. The maximum atomic E-state index is 6.13. The van der Waals surface area contributed by atoms with E-state index in [1.54, 1.807) is 24.5 Å². The van der Waals surface area contributed by atoms with Crippen molar-refractivity contribution in [1.82, 2.24) is 4.98 Å². The fraction of sp³-hybridized carbons (Fsp3) is 0.0769. The number of hydrogen-bond donors (Lipinski definition) is 1. The van der Waals surface area contributed by atoms with Gasteiger partial charge in [0.15, 0.2) is 0 Å². The number of nitrogens with zero attached hydrogens (tertiary/aromatic N) is 1. The molecular weight excluding hydrogens is 303 g/mol. The highest BCUT2D eigenvalue weighted by Crippen LogP contribution is 2.21. The molecule has 2 N–H and O–H groups in total. The third-order valence-corrected chi connectivity index (χ3v) is 3.21. The van der Waals surface area contributed by atoms with Crippen molar-refractivity contribution in [1.29, 1.82) is 0 Å². The van der Waals surface area contributed by atoms with Gasteiger partial charge in [0.2, 0.25) is 0 Å². The molecule has 0 aliphatic carbocycles. The standard InChI is InChI=1S/C13H10Cl2N2OS/c14-10-4-11(6-17-5-10)18-7-9-2-1-8(13(16)19)3-12(9)15/h1-6H,7H2,(H2,16,19).